The molecule has 1 heterocycles. The summed E-state index contributed by atoms with van der Waals surface area (Å²) in [6.45, 7) is 1.85. The number of hydrogen-bond acceptors (Lipinski definition) is 2. The largest absolute Gasteiger partial charge is 0.507 e. The number of aromatic amines is 1. The van der Waals surface area contributed by atoms with Gasteiger partial charge in [-0.25, -0.2) is 0 Å². The summed E-state index contributed by atoms with van der Waals surface area (Å²) in [4.78, 5) is 3.04. The van der Waals surface area contributed by atoms with E-state index in [1.165, 1.54) is 0 Å². The van der Waals surface area contributed by atoms with Crippen LogP contribution in [0.5, 0.6) is 5.75 Å². The number of aryl methyl sites for hydroxylation is 1. The summed E-state index contributed by atoms with van der Waals surface area (Å²) >= 11 is 0. The number of aromatic nitrogens is 1. The predicted octanol–water partition coefficient (Wildman–Crippen LogP) is 1.67. The lowest BCUT2D eigenvalue weighted by Gasteiger charge is -1.95. The van der Waals surface area contributed by atoms with E-state index in [0.29, 0.717) is 0 Å². The molecule has 3 heteroatoms. The van der Waals surface area contributed by atoms with Crippen LogP contribution in [0.1, 0.15) is 11.3 Å². The summed E-state index contributed by atoms with van der Waals surface area (Å²) in [6, 6.07) is 5.29. The van der Waals surface area contributed by atoms with Crippen LogP contribution in [0, 0.1) is 6.92 Å². The molecule has 3 nitrogen and oxygen atoms in total. The molecule has 0 unspecified atom stereocenters. The number of phenolic OH excluding ortho intramolecular Hbond substituents is 1. The normalized spacial score (nSPS) is 10.9. The van der Waals surface area contributed by atoms with E-state index in [1.807, 2.05) is 13.0 Å². The van der Waals surface area contributed by atoms with E-state index in [-0.39, 0.29) is 12.4 Å². The molecule has 0 bridgehead atoms. The average Bonchev–Trinajstić information content (AvgIpc) is 2.44. The van der Waals surface area contributed by atoms with Gasteiger partial charge >= 0.3 is 0 Å². The molecule has 1 aromatic heterocycles. The lowest BCUT2D eigenvalue weighted by atomic mass is 10.1. The van der Waals surface area contributed by atoms with Gasteiger partial charge in [-0.15, -0.1) is 0 Å². The van der Waals surface area contributed by atoms with Gasteiger partial charge in [0.1, 0.15) is 5.75 Å². The number of rotatable bonds is 1. The number of benzene rings is 1. The third-order valence-electron chi connectivity index (χ3n) is 2.31. The summed E-state index contributed by atoms with van der Waals surface area (Å²) < 4.78 is 0. The molecule has 2 aromatic rings. The molecule has 0 aliphatic heterocycles. The summed E-state index contributed by atoms with van der Waals surface area (Å²) in [5.41, 5.74) is 2.54. The average molecular weight is 177 g/mol. The Morgan fingerprint density at radius 2 is 2.15 bits per heavy atom. The zero-order chi connectivity index (χ0) is 9.42. The summed E-state index contributed by atoms with van der Waals surface area (Å²) in [7, 11) is 0. The van der Waals surface area contributed by atoms with E-state index in [2.05, 4.69) is 4.98 Å². The van der Waals surface area contributed by atoms with Crippen molar-refractivity contribution in [2.75, 3.05) is 0 Å². The van der Waals surface area contributed by atoms with Gasteiger partial charge in [0.25, 0.3) is 0 Å². The molecule has 0 radical (unpaired) electrons. The SMILES string of the molecule is Cc1c(CO)[nH]c2cccc(O)c12. The maximum absolute atomic E-state index is 9.56. The molecule has 0 aliphatic rings. The third-order valence-corrected chi connectivity index (χ3v) is 2.31. The second-order valence-electron chi connectivity index (χ2n) is 3.09. The van der Waals surface area contributed by atoms with Crippen molar-refractivity contribution in [1.82, 2.24) is 4.98 Å². The van der Waals surface area contributed by atoms with Gasteiger partial charge in [0.2, 0.25) is 0 Å². The van der Waals surface area contributed by atoms with Crippen molar-refractivity contribution >= 4 is 10.9 Å². The number of phenols is 1. The minimum absolute atomic E-state index is 0.0278. The number of aliphatic hydroxyl groups excluding tert-OH is 1. The van der Waals surface area contributed by atoms with E-state index in [1.54, 1.807) is 12.1 Å². The van der Waals surface area contributed by atoms with Gasteiger partial charge in [-0.2, -0.15) is 0 Å². The Hall–Kier alpha value is -1.48. The molecule has 1 aromatic carbocycles. The maximum Gasteiger partial charge on any atom is 0.125 e. The summed E-state index contributed by atoms with van der Waals surface area (Å²) in [6.07, 6.45) is 0. The second kappa shape index (κ2) is 2.78. The molecule has 0 aliphatic carbocycles. The molecule has 0 fully saturated rings. The van der Waals surface area contributed by atoms with Crippen LogP contribution in [0.2, 0.25) is 0 Å². The smallest absolute Gasteiger partial charge is 0.125 e. The molecule has 0 amide bonds. The lowest BCUT2D eigenvalue weighted by molar-refractivity contribution is 0.277. The fourth-order valence-corrected chi connectivity index (χ4v) is 1.60. The number of H-pyrrole nitrogens is 1. The lowest BCUT2D eigenvalue weighted by Crippen LogP contribution is -1.84. The van der Waals surface area contributed by atoms with Crippen molar-refractivity contribution in [3.63, 3.8) is 0 Å². The Morgan fingerprint density at radius 1 is 1.38 bits per heavy atom. The quantitative estimate of drug-likeness (QED) is 0.620. The molecule has 0 spiro atoms. The van der Waals surface area contributed by atoms with E-state index < -0.39 is 0 Å². The third kappa shape index (κ3) is 1.09. The van der Waals surface area contributed by atoms with Crippen molar-refractivity contribution in [2.45, 2.75) is 13.5 Å². The highest BCUT2D eigenvalue weighted by Crippen LogP contribution is 2.29. The first-order valence-electron chi connectivity index (χ1n) is 4.14. The van der Waals surface area contributed by atoms with Gasteiger partial charge < -0.3 is 15.2 Å². The number of nitrogens with one attached hydrogen (secondary N) is 1. The zero-order valence-corrected chi connectivity index (χ0v) is 7.33. The highest BCUT2D eigenvalue weighted by molar-refractivity contribution is 5.89. The fourth-order valence-electron chi connectivity index (χ4n) is 1.60. The maximum atomic E-state index is 9.56. The molecule has 2 rings (SSSR count). The molecule has 3 N–H and O–H groups in total. The first kappa shape index (κ1) is 8.13. The first-order chi connectivity index (χ1) is 6.24. The van der Waals surface area contributed by atoms with Crippen LogP contribution in [0.15, 0.2) is 18.2 Å². The van der Waals surface area contributed by atoms with E-state index in [4.69, 9.17) is 5.11 Å². The topological polar surface area (TPSA) is 56.2 Å². The monoisotopic (exact) mass is 177 g/mol. The van der Waals surface area contributed by atoms with Crippen molar-refractivity contribution in [3.05, 3.63) is 29.5 Å². The molecule has 0 saturated carbocycles. The van der Waals surface area contributed by atoms with Gasteiger partial charge in [0.05, 0.1) is 6.61 Å². The number of aliphatic hydroxyl groups is 1. The summed E-state index contributed by atoms with van der Waals surface area (Å²) in [5, 5.41) is 19.4. The van der Waals surface area contributed by atoms with Gasteiger partial charge in [0.15, 0.2) is 0 Å². The van der Waals surface area contributed by atoms with Crippen LogP contribution >= 0.6 is 0 Å². The molecule has 68 valence electrons. The van der Waals surface area contributed by atoms with E-state index in [0.717, 1.165) is 22.2 Å². The van der Waals surface area contributed by atoms with Crippen LogP contribution in [-0.2, 0) is 6.61 Å². The number of hydrogen-bond donors (Lipinski definition) is 3. The van der Waals surface area contributed by atoms with E-state index in [9.17, 15) is 5.11 Å². The van der Waals surface area contributed by atoms with Gasteiger partial charge in [0, 0.05) is 16.6 Å². The Balaban J connectivity index is 2.85. The van der Waals surface area contributed by atoms with Gasteiger partial charge in [-0.1, -0.05) is 6.07 Å². The van der Waals surface area contributed by atoms with Crippen LogP contribution in [0.3, 0.4) is 0 Å². The highest BCUT2D eigenvalue weighted by Gasteiger charge is 2.09. The molecule has 0 atom stereocenters. The van der Waals surface area contributed by atoms with Crippen LogP contribution in [0.4, 0.5) is 0 Å². The van der Waals surface area contributed by atoms with Crippen LogP contribution in [0.25, 0.3) is 10.9 Å². The Bertz CT molecular complexity index is 445. The molecular formula is C10H11NO2. The van der Waals surface area contributed by atoms with E-state index >= 15 is 0 Å². The van der Waals surface area contributed by atoms with Gasteiger partial charge in [-0.05, 0) is 24.6 Å². The fraction of sp³-hybridized carbons (Fsp3) is 0.200. The second-order valence-corrected chi connectivity index (χ2v) is 3.09. The first-order valence-corrected chi connectivity index (χ1v) is 4.14. The summed E-state index contributed by atoms with van der Waals surface area (Å²) in [5.74, 6) is 0.256. The van der Waals surface area contributed by atoms with Crippen molar-refractivity contribution < 1.29 is 10.2 Å². The minimum atomic E-state index is -0.0278. The molecule has 13 heavy (non-hydrogen) atoms. The Kier molecular flexibility index (Phi) is 1.74. The van der Waals surface area contributed by atoms with Crippen molar-refractivity contribution in [2.24, 2.45) is 0 Å². The Labute approximate surface area is 75.6 Å². The number of fused-ring (bicyclic) bond motifs is 1. The zero-order valence-electron chi connectivity index (χ0n) is 7.33. The highest BCUT2D eigenvalue weighted by atomic mass is 16.3. The van der Waals surface area contributed by atoms with Crippen LogP contribution in [-0.4, -0.2) is 15.2 Å². The number of aromatic hydroxyl groups is 1. The van der Waals surface area contributed by atoms with Crippen molar-refractivity contribution in [1.29, 1.82) is 0 Å². The Morgan fingerprint density at radius 3 is 2.77 bits per heavy atom. The van der Waals surface area contributed by atoms with Crippen LogP contribution < -0.4 is 0 Å². The van der Waals surface area contributed by atoms with Gasteiger partial charge in [-0.3, -0.25) is 0 Å². The molecule has 0 saturated heterocycles. The molecular weight excluding hydrogens is 166 g/mol. The predicted molar refractivity (Wildman–Crippen MR) is 50.6 cm³/mol. The van der Waals surface area contributed by atoms with Crippen molar-refractivity contribution in [3.8, 4) is 5.75 Å². The standard InChI is InChI=1S/C10H11NO2/c1-6-8(5-12)11-7-3-2-4-9(13)10(6)7/h2-4,11-13H,5H2,1H3. The minimum Gasteiger partial charge on any atom is -0.507 e.